The Bertz CT molecular complexity index is 391. The maximum absolute atomic E-state index is 10.4. The third-order valence-corrected chi connectivity index (χ3v) is 5.91. The van der Waals surface area contributed by atoms with E-state index in [1.807, 2.05) is 0 Å². The lowest BCUT2D eigenvalue weighted by Gasteiger charge is -3.07. The third-order valence-electron chi connectivity index (χ3n) is 5.91. The Labute approximate surface area is 87.7 Å². The molecule has 0 spiro atoms. The molecule has 0 aromatic carbocycles. The second-order valence-corrected chi connectivity index (χ2v) is 5.49. The summed E-state index contributed by atoms with van der Waals surface area (Å²) in [6.07, 6.45) is 0. The number of hydrogen-bond donors (Lipinski definition) is 0. The van der Waals surface area contributed by atoms with Crippen molar-refractivity contribution in [2.24, 2.45) is 35.5 Å². The van der Waals surface area contributed by atoms with Gasteiger partial charge in [-0.2, -0.15) is 0 Å². The Morgan fingerprint density at radius 3 is 1.19 bits per heavy atom. The predicted molar refractivity (Wildman–Crippen MR) is 42.6 cm³/mol. The molecule has 0 atom stereocenters. The van der Waals surface area contributed by atoms with E-state index in [1.54, 1.807) is 0 Å². The Morgan fingerprint density at radius 1 is 0.750 bits per heavy atom. The standard InChI is InChI=1S/C8H6N2O6/c11-9(12)15-7-1-2-4(7)6-5(7)3(1)8(2,6)16-10(13)14/h1-6H. The van der Waals surface area contributed by atoms with Crippen LogP contribution in [-0.4, -0.2) is 21.4 Å². The van der Waals surface area contributed by atoms with Gasteiger partial charge in [0.2, 0.25) is 0 Å². The third kappa shape index (κ3) is 0.344. The summed E-state index contributed by atoms with van der Waals surface area (Å²) in [5.41, 5.74) is -1.10. The number of rotatable bonds is 4. The lowest BCUT2D eigenvalue weighted by Crippen LogP contribution is -3.16. The largest absolute Gasteiger partial charge is 0.306 e. The summed E-state index contributed by atoms with van der Waals surface area (Å²) in [5, 5.41) is 19.3. The monoisotopic (exact) mass is 226 g/mol. The van der Waals surface area contributed by atoms with Crippen LogP contribution in [0, 0.1) is 55.7 Å². The quantitative estimate of drug-likeness (QED) is 0.479. The Morgan fingerprint density at radius 2 is 1.00 bits per heavy atom. The highest BCUT2D eigenvalue weighted by Crippen LogP contribution is 3.05. The lowest BCUT2D eigenvalue weighted by atomic mass is 8.98. The van der Waals surface area contributed by atoms with Gasteiger partial charge in [-0.3, -0.25) is 0 Å². The second-order valence-electron chi connectivity index (χ2n) is 5.49. The first-order valence-electron chi connectivity index (χ1n) is 5.24. The van der Waals surface area contributed by atoms with Crippen LogP contribution in [0.3, 0.4) is 0 Å². The van der Waals surface area contributed by atoms with E-state index in [9.17, 15) is 20.2 Å². The smallest absolute Gasteiger partial charge is 0.295 e. The molecule has 0 saturated heterocycles. The molecular formula is C8H6N2O6. The van der Waals surface area contributed by atoms with Crippen LogP contribution in [0.1, 0.15) is 0 Å². The van der Waals surface area contributed by atoms with Gasteiger partial charge in [-0.05, 0) is 0 Å². The van der Waals surface area contributed by atoms with Crippen molar-refractivity contribution >= 4 is 0 Å². The molecule has 6 aliphatic rings. The van der Waals surface area contributed by atoms with Crippen LogP contribution < -0.4 is 0 Å². The summed E-state index contributed by atoms with van der Waals surface area (Å²) < 4.78 is 0. The van der Waals surface area contributed by atoms with E-state index in [-0.39, 0.29) is 35.5 Å². The van der Waals surface area contributed by atoms with Crippen molar-refractivity contribution < 1.29 is 19.8 Å². The van der Waals surface area contributed by atoms with Crippen molar-refractivity contribution in [3.05, 3.63) is 20.2 Å². The van der Waals surface area contributed by atoms with Crippen LogP contribution in [0.5, 0.6) is 0 Å². The summed E-state index contributed by atoms with van der Waals surface area (Å²) in [5.74, 6) is 0.905. The highest BCUT2D eigenvalue weighted by Gasteiger charge is 3.13. The molecule has 6 fully saturated rings. The van der Waals surface area contributed by atoms with E-state index in [4.69, 9.17) is 9.68 Å². The average Bonchev–Trinajstić information content (AvgIpc) is 2.21. The van der Waals surface area contributed by atoms with Gasteiger partial charge in [0.1, 0.15) is 11.2 Å². The van der Waals surface area contributed by atoms with Crippen LogP contribution in [-0.2, 0) is 9.68 Å². The van der Waals surface area contributed by atoms with Gasteiger partial charge in [0.15, 0.2) is 0 Å². The molecule has 0 N–H and O–H groups in total. The van der Waals surface area contributed by atoms with E-state index in [1.165, 1.54) is 0 Å². The first kappa shape index (κ1) is 7.64. The van der Waals surface area contributed by atoms with Crippen LogP contribution in [0.2, 0.25) is 0 Å². The van der Waals surface area contributed by atoms with Gasteiger partial charge in [-0.25, -0.2) is 0 Å². The normalized spacial score (nSPS) is 68.2. The van der Waals surface area contributed by atoms with E-state index >= 15 is 0 Å². The molecule has 0 amide bonds. The molecule has 6 aliphatic carbocycles. The number of nitrogens with zero attached hydrogens (tertiary/aromatic N) is 2. The molecule has 8 nitrogen and oxygen atoms in total. The molecule has 0 aliphatic heterocycles. The highest BCUT2D eigenvalue weighted by molar-refractivity contribution is 5.59. The van der Waals surface area contributed by atoms with Crippen molar-refractivity contribution in [3.63, 3.8) is 0 Å². The maximum atomic E-state index is 10.4. The molecule has 0 heterocycles. The van der Waals surface area contributed by atoms with Crippen molar-refractivity contribution in [2.75, 3.05) is 0 Å². The highest BCUT2D eigenvalue weighted by atomic mass is 17.0. The molecule has 0 aromatic rings. The molecule has 8 heteroatoms. The molecule has 0 unspecified atom stereocenters. The topological polar surface area (TPSA) is 105 Å². The summed E-state index contributed by atoms with van der Waals surface area (Å²) in [6, 6.07) is 0. The summed E-state index contributed by atoms with van der Waals surface area (Å²) in [4.78, 5) is 30.4. The molecule has 84 valence electrons. The maximum Gasteiger partial charge on any atom is 0.295 e. The minimum absolute atomic E-state index is 0.151. The summed E-state index contributed by atoms with van der Waals surface area (Å²) >= 11 is 0. The Balaban J connectivity index is 1.46. The van der Waals surface area contributed by atoms with Crippen LogP contribution in [0.15, 0.2) is 0 Å². The van der Waals surface area contributed by atoms with Gasteiger partial charge in [0.25, 0.3) is 10.2 Å². The van der Waals surface area contributed by atoms with E-state index in [0.29, 0.717) is 0 Å². The van der Waals surface area contributed by atoms with Crippen molar-refractivity contribution in [1.82, 2.24) is 0 Å². The first-order chi connectivity index (χ1) is 7.57. The van der Waals surface area contributed by atoms with Gasteiger partial charge in [-0.1, -0.05) is 0 Å². The molecule has 16 heavy (non-hydrogen) atoms. The van der Waals surface area contributed by atoms with Gasteiger partial charge in [0, 0.05) is 35.5 Å². The van der Waals surface area contributed by atoms with Gasteiger partial charge in [-0.15, -0.1) is 20.2 Å². The van der Waals surface area contributed by atoms with Crippen molar-refractivity contribution in [3.8, 4) is 0 Å². The zero-order valence-electron chi connectivity index (χ0n) is 7.81. The van der Waals surface area contributed by atoms with Gasteiger partial charge >= 0.3 is 0 Å². The zero-order chi connectivity index (χ0) is 11.0. The fourth-order valence-corrected chi connectivity index (χ4v) is 5.95. The van der Waals surface area contributed by atoms with Gasteiger partial charge < -0.3 is 9.68 Å². The molecule has 0 aromatic heterocycles. The van der Waals surface area contributed by atoms with Gasteiger partial charge in [0.05, 0.1) is 0 Å². The fraction of sp³-hybridized carbons (Fsp3) is 1.00. The molecular weight excluding hydrogens is 220 g/mol. The van der Waals surface area contributed by atoms with E-state index in [0.717, 1.165) is 0 Å². The summed E-state index contributed by atoms with van der Waals surface area (Å²) in [6.45, 7) is 0. The molecule has 0 radical (unpaired) electrons. The Hall–Kier alpha value is -1.60. The lowest BCUT2D eigenvalue weighted by molar-refractivity contribution is -0.893. The average molecular weight is 226 g/mol. The molecule has 6 saturated carbocycles. The molecule has 0 bridgehead atoms. The van der Waals surface area contributed by atoms with E-state index in [2.05, 4.69) is 0 Å². The van der Waals surface area contributed by atoms with Crippen LogP contribution in [0.25, 0.3) is 0 Å². The Kier molecular flexibility index (Phi) is 0.742. The van der Waals surface area contributed by atoms with Crippen molar-refractivity contribution in [2.45, 2.75) is 11.2 Å². The SMILES string of the molecule is O=[N+]([O-])OC12C3C4C1C1C2C3C41O[N+](=O)[O-]. The fourth-order valence-electron chi connectivity index (χ4n) is 5.95. The predicted octanol–water partition coefficient (Wildman–Crippen LogP) is -0.354. The van der Waals surface area contributed by atoms with Crippen LogP contribution in [0.4, 0.5) is 0 Å². The first-order valence-corrected chi connectivity index (χ1v) is 5.24. The van der Waals surface area contributed by atoms with Crippen molar-refractivity contribution in [1.29, 1.82) is 0 Å². The minimum Gasteiger partial charge on any atom is -0.306 e. The van der Waals surface area contributed by atoms with Crippen LogP contribution >= 0.6 is 0 Å². The number of hydrogen-bond acceptors (Lipinski definition) is 6. The summed E-state index contributed by atoms with van der Waals surface area (Å²) in [7, 11) is 0. The second kappa shape index (κ2) is 1.56. The molecule has 6 rings (SSSR count). The van der Waals surface area contributed by atoms with E-state index < -0.39 is 21.4 Å². The minimum atomic E-state index is -0.720. The zero-order valence-corrected chi connectivity index (χ0v) is 7.81.